The summed E-state index contributed by atoms with van der Waals surface area (Å²) in [4.78, 5) is 4.94. The Bertz CT molecular complexity index is 692. The van der Waals surface area contributed by atoms with Gasteiger partial charge in [0, 0.05) is 24.7 Å². The lowest BCUT2D eigenvalue weighted by Gasteiger charge is -2.29. The van der Waals surface area contributed by atoms with Crippen molar-refractivity contribution >= 4 is 33.4 Å². The second-order valence-corrected chi connectivity index (χ2v) is 6.69. The summed E-state index contributed by atoms with van der Waals surface area (Å²) in [6.07, 6.45) is 2.09. The van der Waals surface area contributed by atoms with Gasteiger partial charge in [-0.25, -0.2) is 0 Å². The highest BCUT2D eigenvalue weighted by Gasteiger charge is 2.37. The van der Waals surface area contributed by atoms with Crippen molar-refractivity contribution in [1.82, 2.24) is 0 Å². The summed E-state index contributed by atoms with van der Waals surface area (Å²) < 4.78 is 5.46. The van der Waals surface area contributed by atoms with Crippen molar-refractivity contribution in [2.45, 2.75) is 18.4 Å². The summed E-state index contributed by atoms with van der Waals surface area (Å²) in [5.74, 6) is 1.08. The standard InChI is InChI=1S/C17H18N2OS/c1-2-4-14-11-15(6-5-13(14)3-1)18-16-19-17(12-21-16)7-9-20-10-8-17/h1-6,11H,7-10,12H2,(H,18,19). The summed E-state index contributed by atoms with van der Waals surface area (Å²) in [6, 6.07) is 14.9. The van der Waals surface area contributed by atoms with E-state index < -0.39 is 0 Å². The predicted octanol–water partition coefficient (Wildman–Crippen LogP) is 3.90. The molecule has 2 aliphatic rings. The summed E-state index contributed by atoms with van der Waals surface area (Å²) in [5, 5.41) is 7.05. The molecule has 0 amide bonds. The van der Waals surface area contributed by atoms with Gasteiger partial charge >= 0.3 is 0 Å². The highest BCUT2D eigenvalue weighted by molar-refractivity contribution is 8.14. The first kappa shape index (κ1) is 13.2. The predicted molar refractivity (Wildman–Crippen MR) is 90.2 cm³/mol. The molecule has 1 fully saturated rings. The molecular formula is C17H18N2OS. The quantitative estimate of drug-likeness (QED) is 0.867. The van der Waals surface area contributed by atoms with Gasteiger partial charge in [-0.2, -0.15) is 0 Å². The van der Waals surface area contributed by atoms with E-state index in [4.69, 9.17) is 9.73 Å². The third-order valence-electron chi connectivity index (χ3n) is 4.24. The largest absolute Gasteiger partial charge is 0.381 e. The lowest BCUT2D eigenvalue weighted by atomic mass is 9.93. The van der Waals surface area contributed by atoms with E-state index in [2.05, 4.69) is 47.8 Å². The van der Waals surface area contributed by atoms with Crippen molar-refractivity contribution in [3.63, 3.8) is 0 Å². The van der Waals surface area contributed by atoms with Gasteiger partial charge in [0.05, 0.1) is 5.54 Å². The molecule has 21 heavy (non-hydrogen) atoms. The van der Waals surface area contributed by atoms with Crippen molar-refractivity contribution < 1.29 is 4.74 Å². The Hall–Kier alpha value is -1.52. The van der Waals surface area contributed by atoms with E-state index in [0.717, 1.165) is 42.7 Å². The van der Waals surface area contributed by atoms with Crippen LogP contribution in [-0.2, 0) is 4.74 Å². The average Bonchev–Trinajstić information content (AvgIpc) is 2.90. The van der Waals surface area contributed by atoms with Crippen LogP contribution in [0.5, 0.6) is 0 Å². The number of hydrogen-bond donors (Lipinski definition) is 1. The first-order valence-corrected chi connectivity index (χ1v) is 8.38. The molecule has 4 rings (SSSR count). The zero-order chi connectivity index (χ0) is 14.1. The minimum absolute atomic E-state index is 0.113. The number of nitrogens with one attached hydrogen (secondary N) is 1. The van der Waals surface area contributed by atoms with Gasteiger partial charge in [-0.3, -0.25) is 4.99 Å². The van der Waals surface area contributed by atoms with Crippen molar-refractivity contribution in [3.05, 3.63) is 42.5 Å². The number of ether oxygens (including phenoxy) is 1. The monoisotopic (exact) mass is 298 g/mol. The number of fused-ring (bicyclic) bond motifs is 1. The van der Waals surface area contributed by atoms with Crippen LogP contribution in [0.25, 0.3) is 10.8 Å². The van der Waals surface area contributed by atoms with Gasteiger partial charge in [0.15, 0.2) is 5.17 Å². The van der Waals surface area contributed by atoms with Gasteiger partial charge in [0.2, 0.25) is 0 Å². The van der Waals surface area contributed by atoms with Crippen molar-refractivity contribution in [1.29, 1.82) is 0 Å². The van der Waals surface area contributed by atoms with Gasteiger partial charge in [-0.05, 0) is 35.7 Å². The smallest absolute Gasteiger partial charge is 0.161 e. The molecule has 1 saturated heterocycles. The normalized spacial score (nSPS) is 20.7. The summed E-state index contributed by atoms with van der Waals surface area (Å²) in [6.45, 7) is 1.68. The van der Waals surface area contributed by atoms with Gasteiger partial charge in [0.25, 0.3) is 0 Å². The number of benzene rings is 2. The van der Waals surface area contributed by atoms with Gasteiger partial charge in [-0.15, -0.1) is 0 Å². The first-order valence-electron chi connectivity index (χ1n) is 7.39. The maximum atomic E-state index is 5.46. The minimum Gasteiger partial charge on any atom is -0.381 e. The molecule has 2 aliphatic heterocycles. The van der Waals surface area contributed by atoms with E-state index in [0.29, 0.717) is 0 Å². The molecule has 1 N–H and O–H groups in total. The molecule has 0 bridgehead atoms. The highest BCUT2D eigenvalue weighted by atomic mass is 32.2. The number of amidine groups is 1. The van der Waals surface area contributed by atoms with Crippen molar-refractivity contribution in [2.24, 2.45) is 4.99 Å². The molecule has 0 radical (unpaired) electrons. The van der Waals surface area contributed by atoms with Crippen LogP contribution in [0.2, 0.25) is 0 Å². The van der Waals surface area contributed by atoms with Crippen LogP contribution < -0.4 is 5.32 Å². The van der Waals surface area contributed by atoms with E-state index in [1.165, 1.54) is 10.8 Å². The number of anilines is 1. The fourth-order valence-corrected chi connectivity index (χ4v) is 4.15. The van der Waals surface area contributed by atoms with E-state index in [1.807, 2.05) is 11.8 Å². The molecule has 2 aromatic carbocycles. The highest BCUT2D eigenvalue weighted by Crippen LogP contribution is 2.36. The molecule has 0 aromatic heterocycles. The summed E-state index contributed by atoms with van der Waals surface area (Å²) in [5.41, 5.74) is 1.23. The Morgan fingerprint density at radius 3 is 2.71 bits per heavy atom. The Balaban J connectivity index is 1.56. The molecule has 0 unspecified atom stereocenters. The van der Waals surface area contributed by atoms with Gasteiger partial charge < -0.3 is 10.1 Å². The van der Waals surface area contributed by atoms with Crippen molar-refractivity contribution in [2.75, 3.05) is 24.3 Å². The maximum absolute atomic E-state index is 5.46. The third kappa shape index (κ3) is 2.65. The van der Waals surface area contributed by atoms with Gasteiger partial charge in [0.1, 0.15) is 0 Å². The Kier molecular flexibility index (Phi) is 3.36. The summed E-state index contributed by atoms with van der Waals surface area (Å²) in [7, 11) is 0. The maximum Gasteiger partial charge on any atom is 0.161 e. The molecule has 2 aromatic rings. The molecule has 0 atom stereocenters. The molecule has 2 heterocycles. The molecule has 0 aliphatic carbocycles. The molecule has 108 valence electrons. The first-order chi connectivity index (χ1) is 10.3. The number of hydrogen-bond acceptors (Lipinski definition) is 4. The lowest BCUT2D eigenvalue weighted by Crippen LogP contribution is -2.34. The fourth-order valence-electron chi connectivity index (χ4n) is 2.94. The number of rotatable bonds is 1. The SMILES string of the molecule is c1ccc2cc(NC3=NC4(CCOCC4)CS3)ccc2c1. The molecular weight excluding hydrogens is 280 g/mol. The van der Waals surface area contributed by atoms with E-state index >= 15 is 0 Å². The lowest BCUT2D eigenvalue weighted by molar-refractivity contribution is 0.0624. The topological polar surface area (TPSA) is 33.6 Å². The Morgan fingerprint density at radius 1 is 1.05 bits per heavy atom. The second kappa shape index (κ2) is 5.35. The van der Waals surface area contributed by atoms with Gasteiger partial charge in [-0.1, -0.05) is 42.1 Å². The molecule has 3 nitrogen and oxygen atoms in total. The van der Waals surface area contributed by atoms with Crippen LogP contribution in [0.1, 0.15) is 12.8 Å². The number of nitrogens with zero attached hydrogens (tertiary/aromatic N) is 1. The minimum atomic E-state index is 0.113. The third-order valence-corrected chi connectivity index (χ3v) is 5.39. The second-order valence-electron chi connectivity index (χ2n) is 5.73. The van der Waals surface area contributed by atoms with Crippen LogP contribution in [0, 0.1) is 0 Å². The zero-order valence-electron chi connectivity index (χ0n) is 11.8. The van der Waals surface area contributed by atoms with Crippen LogP contribution in [0.15, 0.2) is 47.5 Å². The number of thioether (sulfide) groups is 1. The van der Waals surface area contributed by atoms with E-state index in [-0.39, 0.29) is 5.54 Å². The van der Waals surface area contributed by atoms with Crippen LogP contribution in [0.3, 0.4) is 0 Å². The average molecular weight is 298 g/mol. The van der Waals surface area contributed by atoms with Crippen LogP contribution >= 0.6 is 11.8 Å². The van der Waals surface area contributed by atoms with Crippen molar-refractivity contribution in [3.8, 4) is 0 Å². The van der Waals surface area contributed by atoms with Crippen LogP contribution in [-0.4, -0.2) is 29.7 Å². The number of aliphatic imine (C=N–C) groups is 1. The van der Waals surface area contributed by atoms with E-state index in [9.17, 15) is 0 Å². The Labute approximate surface area is 128 Å². The molecule has 0 saturated carbocycles. The molecule has 4 heteroatoms. The van der Waals surface area contributed by atoms with E-state index in [1.54, 1.807) is 0 Å². The zero-order valence-corrected chi connectivity index (χ0v) is 12.7. The van der Waals surface area contributed by atoms with Crippen LogP contribution in [0.4, 0.5) is 5.69 Å². The molecule has 1 spiro atoms. The fraction of sp³-hybridized carbons (Fsp3) is 0.353. The summed E-state index contributed by atoms with van der Waals surface area (Å²) >= 11 is 1.83. The Morgan fingerprint density at radius 2 is 1.86 bits per heavy atom.